The molecule has 0 fully saturated rings. The van der Waals surface area contributed by atoms with Crippen LogP contribution in [0.15, 0.2) is 65.3 Å². The third-order valence-electron chi connectivity index (χ3n) is 3.88. The van der Waals surface area contributed by atoms with Crippen LogP contribution >= 0.6 is 22.9 Å². The molecule has 0 aliphatic carbocycles. The van der Waals surface area contributed by atoms with Gasteiger partial charge in [-0.05, 0) is 36.4 Å². The fourth-order valence-corrected chi connectivity index (χ4v) is 3.95. The summed E-state index contributed by atoms with van der Waals surface area (Å²) in [5.41, 5.74) is 4.43. The van der Waals surface area contributed by atoms with Crippen molar-refractivity contribution in [2.45, 2.75) is 13.8 Å². The molecule has 0 bridgehead atoms. The average Bonchev–Trinajstić information content (AvgIpc) is 2.90. The predicted molar refractivity (Wildman–Crippen MR) is 106 cm³/mol. The maximum absolute atomic E-state index is 7.73. The molecule has 3 rings (SSSR count). The van der Waals surface area contributed by atoms with Crippen LogP contribution in [0.4, 0.5) is 0 Å². The Kier molecular flexibility index (Phi) is 4.65. The molecule has 0 saturated carbocycles. The SMILES string of the molecule is C=C(Cl)/N=C(/c1ccc(C(C)=N)cc1)c1sc2ccccc2c1C. The minimum Gasteiger partial charge on any atom is -0.305 e. The predicted octanol–water partition coefficient (Wildman–Crippen LogP) is 6.14. The third-order valence-corrected chi connectivity index (χ3v) is 5.25. The topological polar surface area (TPSA) is 36.2 Å². The molecule has 0 saturated heterocycles. The van der Waals surface area contributed by atoms with Gasteiger partial charge in [-0.2, -0.15) is 0 Å². The second-order valence-corrected chi connectivity index (χ2v) is 7.08. The fraction of sp³-hybridized carbons (Fsp3) is 0.100. The Bertz CT molecular complexity index is 965. The van der Waals surface area contributed by atoms with Crippen molar-refractivity contribution < 1.29 is 0 Å². The van der Waals surface area contributed by atoms with E-state index in [1.807, 2.05) is 36.4 Å². The molecule has 1 heterocycles. The normalized spacial score (nSPS) is 11.7. The summed E-state index contributed by atoms with van der Waals surface area (Å²) in [6.07, 6.45) is 0. The van der Waals surface area contributed by atoms with Crippen LogP contribution in [0.3, 0.4) is 0 Å². The van der Waals surface area contributed by atoms with Crippen LogP contribution in [0.5, 0.6) is 0 Å². The van der Waals surface area contributed by atoms with Gasteiger partial charge in [-0.25, -0.2) is 4.99 Å². The smallest absolute Gasteiger partial charge is 0.122 e. The van der Waals surface area contributed by atoms with E-state index < -0.39 is 0 Å². The van der Waals surface area contributed by atoms with E-state index in [2.05, 4.69) is 30.6 Å². The number of thiophene rings is 1. The maximum atomic E-state index is 7.73. The lowest BCUT2D eigenvalue weighted by Gasteiger charge is -2.07. The van der Waals surface area contributed by atoms with Crippen molar-refractivity contribution >= 4 is 44.4 Å². The van der Waals surface area contributed by atoms with E-state index in [-0.39, 0.29) is 5.16 Å². The molecule has 0 radical (unpaired) electrons. The molecule has 0 atom stereocenters. The monoisotopic (exact) mass is 352 g/mol. The Balaban J connectivity index is 2.18. The first-order chi connectivity index (χ1) is 11.5. The molecule has 1 N–H and O–H groups in total. The van der Waals surface area contributed by atoms with Gasteiger partial charge in [-0.3, -0.25) is 0 Å². The highest BCUT2D eigenvalue weighted by Gasteiger charge is 2.16. The maximum Gasteiger partial charge on any atom is 0.122 e. The van der Waals surface area contributed by atoms with Crippen molar-refractivity contribution in [1.29, 1.82) is 5.41 Å². The van der Waals surface area contributed by atoms with Gasteiger partial charge >= 0.3 is 0 Å². The van der Waals surface area contributed by atoms with E-state index in [1.54, 1.807) is 18.3 Å². The molecule has 120 valence electrons. The van der Waals surface area contributed by atoms with E-state index in [0.717, 1.165) is 21.7 Å². The number of benzene rings is 2. The van der Waals surface area contributed by atoms with E-state index in [9.17, 15) is 0 Å². The average molecular weight is 353 g/mol. The van der Waals surface area contributed by atoms with Crippen molar-refractivity contribution in [3.05, 3.63) is 81.8 Å². The lowest BCUT2D eigenvalue weighted by atomic mass is 10.0. The van der Waals surface area contributed by atoms with Gasteiger partial charge in [0.1, 0.15) is 5.16 Å². The second-order valence-electron chi connectivity index (χ2n) is 5.59. The molecule has 0 spiro atoms. The summed E-state index contributed by atoms with van der Waals surface area (Å²) >= 11 is 7.70. The fourth-order valence-electron chi connectivity index (χ4n) is 2.65. The molecule has 2 aromatic carbocycles. The van der Waals surface area contributed by atoms with E-state index in [1.165, 1.54) is 15.6 Å². The van der Waals surface area contributed by atoms with E-state index in [4.69, 9.17) is 17.0 Å². The summed E-state index contributed by atoms with van der Waals surface area (Å²) in [5, 5.41) is 9.23. The Labute approximate surface area is 150 Å². The first-order valence-electron chi connectivity index (χ1n) is 7.55. The number of nitrogens with zero attached hydrogens (tertiary/aromatic N) is 1. The molecule has 0 amide bonds. The molecule has 1 aromatic heterocycles. The van der Waals surface area contributed by atoms with Crippen molar-refractivity contribution in [3.63, 3.8) is 0 Å². The molecule has 0 aliphatic rings. The van der Waals surface area contributed by atoms with Crippen LogP contribution in [0.1, 0.15) is 28.5 Å². The van der Waals surface area contributed by atoms with E-state index in [0.29, 0.717) is 5.71 Å². The lowest BCUT2D eigenvalue weighted by Crippen LogP contribution is -2.04. The number of hydrogen-bond donors (Lipinski definition) is 1. The van der Waals surface area contributed by atoms with Gasteiger partial charge in [0.25, 0.3) is 0 Å². The molecule has 24 heavy (non-hydrogen) atoms. The summed E-state index contributed by atoms with van der Waals surface area (Å²) in [6, 6.07) is 16.2. The number of rotatable bonds is 4. The first kappa shape index (κ1) is 16.6. The first-order valence-corrected chi connectivity index (χ1v) is 8.74. The number of aryl methyl sites for hydroxylation is 1. The van der Waals surface area contributed by atoms with Crippen LogP contribution in [-0.2, 0) is 0 Å². The van der Waals surface area contributed by atoms with Crippen LogP contribution in [0.2, 0.25) is 0 Å². The molecule has 0 aliphatic heterocycles. The number of hydrogen-bond acceptors (Lipinski definition) is 3. The number of fused-ring (bicyclic) bond motifs is 1. The Morgan fingerprint density at radius 3 is 2.29 bits per heavy atom. The highest BCUT2D eigenvalue weighted by Crippen LogP contribution is 2.33. The quantitative estimate of drug-likeness (QED) is 0.432. The van der Waals surface area contributed by atoms with Gasteiger partial charge in [-0.1, -0.05) is 60.6 Å². The second kappa shape index (κ2) is 6.71. The van der Waals surface area contributed by atoms with Gasteiger partial charge in [0.05, 0.1) is 10.6 Å². The van der Waals surface area contributed by atoms with Gasteiger partial charge in [0.15, 0.2) is 0 Å². The van der Waals surface area contributed by atoms with Crippen LogP contribution in [0, 0.1) is 12.3 Å². The lowest BCUT2D eigenvalue weighted by molar-refractivity contribution is 1.44. The Hall–Kier alpha value is -2.23. The van der Waals surface area contributed by atoms with E-state index >= 15 is 0 Å². The highest BCUT2D eigenvalue weighted by molar-refractivity contribution is 7.21. The largest absolute Gasteiger partial charge is 0.305 e. The van der Waals surface area contributed by atoms with Crippen LogP contribution < -0.4 is 0 Å². The molecular formula is C20H17ClN2S. The minimum atomic E-state index is 0.258. The zero-order valence-corrected chi connectivity index (χ0v) is 15.1. The highest BCUT2D eigenvalue weighted by atomic mass is 35.5. The Morgan fingerprint density at radius 1 is 1.08 bits per heavy atom. The molecule has 3 aromatic rings. The summed E-state index contributed by atoms with van der Waals surface area (Å²) in [6.45, 7) is 7.61. The number of nitrogens with one attached hydrogen (secondary N) is 1. The summed E-state index contributed by atoms with van der Waals surface area (Å²) in [4.78, 5) is 5.59. The van der Waals surface area contributed by atoms with Crippen LogP contribution in [-0.4, -0.2) is 11.4 Å². The molecule has 4 heteroatoms. The van der Waals surface area contributed by atoms with Gasteiger partial charge in [0.2, 0.25) is 0 Å². The molecular weight excluding hydrogens is 336 g/mol. The minimum absolute atomic E-state index is 0.258. The van der Waals surface area contributed by atoms with Crippen molar-refractivity contribution in [2.24, 2.45) is 4.99 Å². The van der Waals surface area contributed by atoms with Crippen molar-refractivity contribution in [3.8, 4) is 0 Å². The van der Waals surface area contributed by atoms with Crippen molar-refractivity contribution in [1.82, 2.24) is 0 Å². The third kappa shape index (κ3) is 3.18. The number of halogens is 1. The Morgan fingerprint density at radius 2 is 1.71 bits per heavy atom. The van der Waals surface area contributed by atoms with Crippen molar-refractivity contribution in [2.75, 3.05) is 0 Å². The number of aliphatic imine (C=N–C) groups is 1. The van der Waals surface area contributed by atoms with Gasteiger partial charge < -0.3 is 5.41 Å². The summed E-state index contributed by atoms with van der Waals surface area (Å²) in [7, 11) is 0. The zero-order chi connectivity index (χ0) is 17.3. The summed E-state index contributed by atoms with van der Waals surface area (Å²) < 4.78 is 1.23. The summed E-state index contributed by atoms with van der Waals surface area (Å²) in [5.74, 6) is 0. The molecule has 2 nitrogen and oxygen atoms in total. The standard InChI is InChI=1S/C20H17ClN2S/c1-12-17-6-4-5-7-18(17)24-20(12)19(23-14(3)21)16-10-8-15(9-11-16)13(2)22/h4-11,22H,3H2,1-2H3/b22-13?,23-19-. The van der Waals surface area contributed by atoms with Gasteiger partial charge in [0, 0.05) is 16.0 Å². The zero-order valence-electron chi connectivity index (χ0n) is 13.6. The van der Waals surface area contributed by atoms with Crippen LogP contribution in [0.25, 0.3) is 10.1 Å². The molecule has 0 unspecified atom stereocenters. The van der Waals surface area contributed by atoms with Gasteiger partial charge in [-0.15, -0.1) is 11.3 Å².